The standard InChI is InChI=1S/C15H9ClN2O4/c16-10-6-3-5-9-12(10)15(22)18(14(9)21)17-13(20)8-4-1-2-7-11(8)19/h1-7,19H,(H,17,20). The molecule has 0 saturated heterocycles. The predicted molar refractivity (Wildman–Crippen MR) is 77.5 cm³/mol. The van der Waals surface area contributed by atoms with Gasteiger partial charge in [0.15, 0.2) is 0 Å². The van der Waals surface area contributed by atoms with Crippen molar-refractivity contribution in [1.29, 1.82) is 0 Å². The van der Waals surface area contributed by atoms with E-state index in [-0.39, 0.29) is 27.5 Å². The summed E-state index contributed by atoms with van der Waals surface area (Å²) < 4.78 is 0. The Balaban J connectivity index is 1.91. The molecule has 1 aliphatic heterocycles. The second-order valence-electron chi connectivity index (χ2n) is 4.57. The summed E-state index contributed by atoms with van der Waals surface area (Å²) in [6.45, 7) is 0. The van der Waals surface area contributed by atoms with E-state index in [0.717, 1.165) is 0 Å². The van der Waals surface area contributed by atoms with E-state index in [4.69, 9.17) is 11.6 Å². The summed E-state index contributed by atoms with van der Waals surface area (Å²) >= 11 is 5.92. The maximum Gasteiger partial charge on any atom is 0.282 e. The summed E-state index contributed by atoms with van der Waals surface area (Å²) in [5.74, 6) is -2.42. The van der Waals surface area contributed by atoms with Gasteiger partial charge in [0, 0.05) is 0 Å². The lowest BCUT2D eigenvalue weighted by atomic mass is 10.1. The first kappa shape index (κ1) is 14.1. The van der Waals surface area contributed by atoms with Gasteiger partial charge in [0.2, 0.25) is 0 Å². The van der Waals surface area contributed by atoms with Crippen molar-refractivity contribution >= 4 is 29.3 Å². The van der Waals surface area contributed by atoms with Gasteiger partial charge in [0.1, 0.15) is 5.75 Å². The summed E-state index contributed by atoms with van der Waals surface area (Å²) in [5, 5.41) is 10.4. The molecular formula is C15H9ClN2O4. The fourth-order valence-electron chi connectivity index (χ4n) is 2.17. The summed E-state index contributed by atoms with van der Waals surface area (Å²) in [4.78, 5) is 36.5. The minimum Gasteiger partial charge on any atom is -0.507 e. The first-order chi connectivity index (χ1) is 10.5. The normalized spacial score (nSPS) is 13.2. The van der Waals surface area contributed by atoms with Crippen molar-refractivity contribution in [3.63, 3.8) is 0 Å². The van der Waals surface area contributed by atoms with E-state index in [1.807, 2.05) is 0 Å². The topological polar surface area (TPSA) is 86.7 Å². The van der Waals surface area contributed by atoms with Gasteiger partial charge in [-0.3, -0.25) is 19.8 Å². The highest BCUT2D eigenvalue weighted by atomic mass is 35.5. The average molecular weight is 317 g/mol. The van der Waals surface area contributed by atoms with Crippen molar-refractivity contribution in [2.45, 2.75) is 0 Å². The molecule has 2 aromatic rings. The Hall–Kier alpha value is -2.86. The second-order valence-corrected chi connectivity index (χ2v) is 4.97. The Bertz CT molecular complexity index is 819. The highest BCUT2D eigenvalue weighted by Gasteiger charge is 2.38. The van der Waals surface area contributed by atoms with Crippen molar-refractivity contribution in [3.8, 4) is 5.75 Å². The molecule has 110 valence electrons. The Labute approximate surface area is 129 Å². The molecule has 0 spiro atoms. The van der Waals surface area contributed by atoms with E-state index in [2.05, 4.69) is 5.43 Å². The van der Waals surface area contributed by atoms with Gasteiger partial charge in [0.05, 0.1) is 21.7 Å². The molecule has 0 atom stereocenters. The van der Waals surface area contributed by atoms with Crippen LogP contribution in [0.5, 0.6) is 5.75 Å². The molecule has 1 aliphatic rings. The molecule has 0 unspecified atom stereocenters. The number of hydrogen-bond acceptors (Lipinski definition) is 4. The van der Waals surface area contributed by atoms with E-state index >= 15 is 0 Å². The number of nitrogens with zero attached hydrogens (tertiary/aromatic N) is 1. The average Bonchev–Trinajstić information content (AvgIpc) is 2.74. The van der Waals surface area contributed by atoms with Gasteiger partial charge in [-0.25, -0.2) is 0 Å². The second kappa shape index (κ2) is 5.16. The monoisotopic (exact) mass is 316 g/mol. The maximum absolute atomic E-state index is 12.2. The van der Waals surface area contributed by atoms with Crippen molar-refractivity contribution < 1.29 is 19.5 Å². The highest BCUT2D eigenvalue weighted by molar-refractivity contribution is 6.37. The van der Waals surface area contributed by atoms with Crippen LogP contribution in [0.3, 0.4) is 0 Å². The Morgan fingerprint density at radius 1 is 1.05 bits per heavy atom. The summed E-state index contributed by atoms with van der Waals surface area (Å²) in [6.07, 6.45) is 0. The maximum atomic E-state index is 12.2. The van der Waals surface area contributed by atoms with Gasteiger partial charge in [-0.05, 0) is 24.3 Å². The summed E-state index contributed by atoms with van der Waals surface area (Å²) in [6, 6.07) is 10.3. The Morgan fingerprint density at radius 2 is 1.77 bits per heavy atom. The molecule has 2 N–H and O–H groups in total. The van der Waals surface area contributed by atoms with Gasteiger partial charge in [-0.15, -0.1) is 0 Å². The van der Waals surface area contributed by atoms with Gasteiger partial charge < -0.3 is 5.11 Å². The number of carbonyl (C=O) groups is 3. The number of imide groups is 1. The number of phenols is 1. The van der Waals surface area contributed by atoms with Gasteiger partial charge in [-0.2, -0.15) is 5.01 Å². The molecule has 3 amide bonds. The smallest absolute Gasteiger partial charge is 0.282 e. The third kappa shape index (κ3) is 2.10. The molecule has 3 rings (SSSR count). The number of amides is 3. The largest absolute Gasteiger partial charge is 0.507 e. The number of carbonyl (C=O) groups excluding carboxylic acids is 3. The molecule has 6 nitrogen and oxygen atoms in total. The zero-order valence-electron chi connectivity index (χ0n) is 11.0. The van der Waals surface area contributed by atoms with Crippen LogP contribution in [0.2, 0.25) is 5.02 Å². The minimum absolute atomic E-state index is 0.0479. The molecule has 0 bridgehead atoms. The fraction of sp³-hybridized carbons (Fsp3) is 0. The van der Waals surface area contributed by atoms with Crippen LogP contribution in [-0.4, -0.2) is 27.8 Å². The third-order valence-electron chi connectivity index (χ3n) is 3.23. The molecule has 0 aromatic heterocycles. The van der Waals surface area contributed by atoms with E-state index in [9.17, 15) is 19.5 Å². The number of rotatable bonds is 2. The van der Waals surface area contributed by atoms with Crippen LogP contribution in [0.25, 0.3) is 0 Å². The number of benzene rings is 2. The lowest BCUT2D eigenvalue weighted by Gasteiger charge is -2.15. The summed E-state index contributed by atoms with van der Waals surface area (Å²) in [7, 11) is 0. The number of hydrazine groups is 1. The number of nitrogens with one attached hydrogen (secondary N) is 1. The molecule has 1 heterocycles. The summed E-state index contributed by atoms with van der Waals surface area (Å²) in [5.41, 5.74) is 2.30. The van der Waals surface area contributed by atoms with Gasteiger partial charge >= 0.3 is 0 Å². The number of phenolic OH excluding ortho intramolecular Hbond substituents is 1. The number of hydrogen-bond donors (Lipinski definition) is 2. The predicted octanol–water partition coefficient (Wildman–Crippen LogP) is 1.99. The fourth-order valence-corrected chi connectivity index (χ4v) is 2.43. The lowest BCUT2D eigenvalue weighted by molar-refractivity contribution is 0.0517. The SMILES string of the molecule is O=C(NN1C(=O)c2cccc(Cl)c2C1=O)c1ccccc1O. The van der Waals surface area contributed by atoms with Gasteiger partial charge in [-0.1, -0.05) is 29.8 Å². The Morgan fingerprint density at radius 3 is 2.45 bits per heavy atom. The molecule has 0 fully saturated rings. The first-order valence-electron chi connectivity index (χ1n) is 6.27. The Kier molecular flexibility index (Phi) is 3.30. The number of fused-ring (bicyclic) bond motifs is 1. The zero-order valence-corrected chi connectivity index (χ0v) is 11.8. The van der Waals surface area contributed by atoms with Crippen molar-refractivity contribution in [3.05, 3.63) is 64.2 Å². The van der Waals surface area contributed by atoms with Crippen LogP contribution >= 0.6 is 11.6 Å². The van der Waals surface area contributed by atoms with Crippen molar-refractivity contribution in [2.75, 3.05) is 0 Å². The molecule has 2 aromatic carbocycles. The van der Waals surface area contributed by atoms with Crippen molar-refractivity contribution in [2.24, 2.45) is 0 Å². The van der Waals surface area contributed by atoms with Crippen molar-refractivity contribution in [1.82, 2.24) is 10.4 Å². The molecule has 7 heteroatoms. The van der Waals surface area contributed by atoms with E-state index in [1.54, 1.807) is 18.2 Å². The number of para-hydroxylation sites is 1. The molecule has 22 heavy (non-hydrogen) atoms. The highest BCUT2D eigenvalue weighted by Crippen LogP contribution is 2.28. The lowest BCUT2D eigenvalue weighted by Crippen LogP contribution is -2.45. The van der Waals surface area contributed by atoms with Crippen LogP contribution in [0.4, 0.5) is 0 Å². The van der Waals surface area contributed by atoms with E-state index < -0.39 is 17.7 Å². The van der Waals surface area contributed by atoms with Crippen LogP contribution in [0, 0.1) is 0 Å². The van der Waals surface area contributed by atoms with E-state index in [0.29, 0.717) is 5.01 Å². The third-order valence-corrected chi connectivity index (χ3v) is 3.54. The number of halogens is 1. The molecule has 0 saturated carbocycles. The first-order valence-corrected chi connectivity index (χ1v) is 6.65. The van der Waals surface area contributed by atoms with Gasteiger partial charge in [0.25, 0.3) is 17.7 Å². The molecule has 0 radical (unpaired) electrons. The quantitative estimate of drug-likeness (QED) is 0.829. The van der Waals surface area contributed by atoms with Crippen LogP contribution in [-0.2, 0) is 0 Å². The van der Waals surface area contributed by atoms with Crippen LogP contribution in [0.15, 0.2) is 42.5 Å². The molecule has 0 aliphatic carbocycles. The molecular weight excluding hydrogens is 308 g/mol. The zero-order chi connectivity index (χ0) is 15.9. The minimum atomic E-state index is -0.774. The van der Waals surface area contributed by atoms with Crippen LogP contribution in [0.1, 0.15) is 31.1 Å². The van der Waals surface area contributed by atoms with E-state index in [1.165, 1.54) is 24.3 Å². The number of aromatic hydroxyl groups is 1. The van der Waals surface area contributed by atoms with Crippen LogP contribution < -0.4 is 5.43 Å².